The number of hydrogen-bond acceptors (Lipinski definition) is 3. The van der Waals surface area contributed by atoms with E-state index in [0.717, 1.165) is 56.3 Å². The standard InChI is InChI=1S/2C10H20O2.C9H18O2.Ce/c2*1-9(2)7-5-3-4-6-8-10(11)12;1-8(2)6-4-3-5-7-9(10)11;/h2*9H,3-8H2,1-2H3,(H,11,12);8H,3-7H2,1-2H3,(H,10,11);. The van der Waals surface area contributed by atoms with Gasteiger partial charge >= 0.3 is 17.9 Å². The molecule has 0 rings (SSSR count). The van der Waals surface area contributed by atoms with E-state index in [-0.39, 0.29) is 41.7 Å². The van der Waals surface area contributed by atoms with Crippen LogP contribution in [0.1, 0.15) is 151 Å². The maximum absolute atomic E-state index is 10.1. The predicted molar refractivity (Wildman–Crippen MR) is 146 cm³/mol. The molecule has 0 heterocycles. The van der Waals surface area contributed by atoms with E-state index < -0.39 is 17.9 Å². The molecule has 0 aromatic rings. The Hall–Kier alpha value is -0.213. The summed E-state index contributed by atoms with van der Waals surface area (Å²) in [6.45, 7) is 13.3. The van der Waals surface area contributed by atoms with Crippen LogP contribution in [0.4, 0.5) is 0 Å². The van der Waals surface area contributed by atoms with Crippen LogP contribution in [0, 0.1) is 59.5 Å². The van der Waals surface area contributed by atoms with E-state index in [9.17, 15) is 14.4 Å². The molecule has 3 N–H and O–H groups in total. The molecule has 6 nitrogen and oxygen atoms in total. The minimum atomic E-state index is -0.672. The smallest absolute Gasteiger partial charge is 0.303 e. The second-order valence-corrected chi connectivity index (χ2v) is 10.9. The number of rotatable bonds is 20. The van der Waals surface area contributed by atoms with Gasteiger partial charge in [-0.2, -0.15) is 0 Å². The Balaban J connectivity index is -0.000000211. The largest absolute Gasteiger partial charge is 0.481 e. The minimum Gasteiger partial charge on any atom is -0.481 e. The Morgan fingerprint density at radius 1 is 0.417 bits per heavy atom. The van der Waals surface area contributed by atoms with Crippen molar-refractivity contribution in [2.75, 3.05) is 0 Å². The normalized spacial score (nSPS) is 10.2. The summed E-state index contributed by atoms with van der Waals surface area (Å²) in [5.41, 5.74) is 0. The molecule has 214 valence electrons. The van der Waals surface area contributed by atoms with Crippen molar-refractivity contribution in [3.05, 3.63) is 0 Å². The molecule has 0 aliphatic rings. The second-order valence-electron chi connectivity index (χ2n) is 10.9. The van der Waals surface area contributed by atoms with Crippen molar-refractivity contribution in [3.8, 4) is 0 Å². The van der Waals surface area contributed by atoms with Gasteiger partial charge in [-0.15, -0.1) is 0 Å². The first kappa shape index (κ1) is 42.9. The van der Waals surface area contributed by atoms with Gasteiger partial charge in [0.1, 0.15) is 0 Å². The molecular weight excluding hydrogens is 584 g/mol. The van der Waals surface area contributed by atoms with Crippen LogP contribution < -0.4 is 0 Å². The number of carboxylic acid groups (broad SMARTS) is 3. The zero-order valence-corrected chi connectivity index (χ0v) is 27.5. The van der Waals surface area contributed by atoms with Crippen LogP contribution in [0.25, 0.3) is 0 Å². The van der Waals surface area contributed by atoms with Crippen molar-refractivity contribution in [2.24, 2.45) is 17.8 Å². The van der Waals surface area contributed by atoms with Crippen LogP contribution in [0.5, 0.6) is 0 Å². The first-order chi connectivity index (χ1) is 16.4. The van der Waals surface area contributed by atoms with Gasteiger partial charge in [0.25, 0.3) is 0 Å². The fourth-order valence-electron chi connectivity index (χ4n) is 3.37. The summed E-state index contributed by atoms with van der Waals surface area (Å²) in [5.74, 6) is 0.307. The van der Waals surface area contributed by atoms with E-state index in [1.54, 1.807) is 0 Å². The first-order valence-corrected chi connectivity index (χ1v) is 14.0. The van der Waals surface area contributed by atoms with Crippen molar-refractivity contribution < 1.29 is 71.5 Å². The van der Waals surface area contributed by atoms with Crippen LogP contribution in [0.15, 0.2) is 0 Å². The second kappa shape index (κ2) is 32.8. The Labute approximate surface area is 256 Å². The monoisotopic (exact) mass is 642 g/mol. The van der Waals surface area contributed by atoms with Gasteiger partial charge in [0, 0.05) is 61.0 Å². The molecule has 0 aromatic carbocycles. The number of carboxylic acids is 3. The van der Waals surface area contributed by atoms with Gasteiger partial charge in [-0.3, -0.25) is 14.4 Å². The molecule has 0 amide bonds. The molecule has 0 saturated carbocycles. The van der Waals surface area contributed by atoms with E-state index in [4.69, 9.17) is 15.3 Å². The van der Waals surface area contributed by atoms with Gasteiger partial charge in [0.15, 0.2) is 0 Å². The molecule has 0 aliphatic carbocycles. The van der Waals surface area contributed by atoms with Crippen LogP contribution >= 0.6 is 0 Å². The van der Waals surface area contributed by atoms with Gasteiger partial charge < -0.3 is 15.3 Å². The Morgan fingerprint density at radius 2 is 0.611 bits per heavy atom. The topological polar surface area (TPSA) is 112 Å². The molecule has 7 heteroatoms. The summed E-state index contributed by atoms with van der Waals surface area (Å²) in [6.07, 6.45) is 16.5. The molecule has 36 heavy (non-hydrogen) atoms. The van der Waals surface area contributed by atoms with Gasteiger partial charge in [-0.05, 0) is 37.0 Å². The Morgan fingerprint density at radius 3 is 0.806 bits per heavy atom. The Kier molecular flexibility index (Phi) is 39.1. The van der Waals surface area contributed by atoms with Crippen LogP contribution in [-0.2, 0) is 14.4 Å². The molecule has 0 fully saturated rings. The van der Waals surface area contributed by atoms with E-state index in [1.807, 2.05) is 0 Å². The van der Waals surface area contributed by atoms with Crippen molar-refractivity contribution >= 4 is 17.9 Å². The molecule has 0 saturated heterocycles. The maximum Gasteiger partial charge on any atom is 0.303 e. The van der Waals surface area contributed by atoms with Crippen LogP contribution in [-0.4, -0.2) is 33.2 Å². The minimum absolute atomic E-state index is 0. The average Bonchev–Trinajstić information content (AvgIpc) is 2.72. The molecule has 0 spiro atoms. The molecule has 0 atom stereocenters. The molecule has 0 radical (unpaired) electrons. The third kappa shape index (κ3) is 54.6. The SMILES string of the molecule is CC(C)CCCCCC(=O)O.CC(C)CCCCCCC(=O)O.CC(C)CCCCCCC(=O)O.[Ce]. The third-order valence-electron chi connectivity index (χ3n) is 5.52. The van der Waals surface area contributed by atoms with Gasteiger partial charge in [-0.25, -0.2) is 0 Å². The van der Waals surface area contributed by atoms with E-state index >= 15 is 0 Å². The quantitative estimate of drug-likeness (QED) is 0.114. The third-order valence-corrected chi connectivity index (χ3v) is 5.52. The number of carbonyl (C=O) groups is 3. The van der Waals surface area contributed by atoms with Crippen molar-refractivity contribution in [1.82, 2.24) is 0 Å². The van der Waals surface area contributed by atoms with Gasteiger partial charge in [0.05, 0.1) is 0 Å². The fraction of sp³-hybridized carbons (Fsp3) is 0.897. The van der Waals surface area contributed by atoms with Gasteiger partial charge in [-0.1, -0.05) is 112 Å². The Bertz CT molecular complexity index is 462. The van der Waals surface area contributed by atoms with E-state index in [0.29, 0.717) is 19.3 Å². The number of aliphatic carboxylic acids is 3. The van der Waals surface area contributed by atoms with E-state index in [1.165, 1.54) is 51.4 Å². The average molecular weight is 643 g/mol. The van der Waals surface area contributed by atoms with Crippen LogP contribution in [0.2, 0.25) is 0 Å². The molecule has 0 unspecified atom stereocenters. The molecule has 0 aromatic heterocycles. The van der Waals surface area contributed by atoms with Gasteiger partial charge in [0.2, 0.25) is 0 Å². The zero-order valence-electron chi connectivity index (χ0n) is 24.3. The summed E-state index contributed by atoms with van der Waals surface area (Å²) >= 11 is 0. The first-order valence-electron chi connectivity index (χ1n) is 14.0. The van der Waals surface area contributed by atoms with Crippen molar-refractivity contribution in [1.29, 1.82) is 0 Å². The predicted octanol–water partition coefficient (Wildman–Crippen LogP) is 8.81. The summed E-state index contributed by atoms with van der Waals surface area (Å²) < 4.78 is 0. The van der Waals surface area contributed by atoms with Crippen LogP contribution in [0.3, 0.4) is 0 Å². The summed E-state index contributed by atoms with van der Waals surface area (Å²) in [6, 6.07) is 0. The maximum atomic E-state index is 10.1. The fourth-order valence-corrected chi connectivity index (χ4v) is 3.37. The molecular formula is C29H58CeO6. The van der Waals surface area contributed by atoms with Crippen molar-refractivity contribution in [2.45, 2.75) is 151 Å². The molecule has 0 aliphatic heterocycles. The van der Waals surface area contributed by atoms with E-state index in [2.05, 4.69) is 41.5 Å². The number of hydrogen-bond donors (Lipinski definition) is 3. The zero-order chi connectivity index (χ0) is 27.5. The van der Waals surface area contributed by atoms with Crippen molar-refractivity contribution in [3.63, 3.8) is 0 Å². The molecule has 0 bridgehead atoms. The summed E-state index contributed by atoms with van der Waals surface area (Å²) in [4.78, 5) is 30.4. The number of unbranched alkanes of at least 4 members (excludes halogenated alkanes) is 8. The summed E-state index contributed by atoms with van der Waals surface area (Å²) in [5, 5.41) is 25.0. The summed E-state index contributed by atoms with van der Waals surface area (Å²) in [7, 11) is 0.